The van der Waals surface area contributed by atoms with Gasteiger partial charge < -0.3 is 15.8 Å². The number of carbonyl (C=O) groups is 1. The summed E-state index contributed by atoms with van der Waals surface area (Å²) in [6.45, 7) is 2.26. The van der Waals surface area contributed by atoms with E-state index in [0.29, 0.717) is 34.3 Å². The average Bonchev–Trinajstić information content (AvgIpc) is 2.62. The van der Waals surface area contributed by atoms with Gasteiger partial charge in [0, 0.05) is 23.1 Å². The Hall–Kier alpha value is -3.22. The van der Waals surface area contributed by atoms with Crippen molar-refractivity contribution >= 4 is 22.5 Å². The number of nitrogens with two attached hydrogens (primary N) is 1. The molecule has 128 valence electrons. The monoisotopic (exact) mass is 340 g/mol. The summed E-state index contributed by atoms with van der Waals surface area (Å²) in [5.74, 6) is -0.280. The standard InChI is InChI=1S/C18H17FN4O2/c1-3-21-18(24)17-15(20)12-6-4-5-11(16(12)22-23-17)13-9-10(19)7-8-14(13)25-2/h4-9H,3H2,1-2H3,(H2,20,22)(H,21,24). The van der Waals surface area contributed by atoms with Crippen molar-refractivity contribution in [3.63, 3.8) is 0 Å². The number of anilines is 1. The lowest BCUT2D eigenvalue weighted by Crippen LogP contribution is -2.25. The van der Waals surface area contributed by atoms with Crippen molar-refractivity contribution in [2.75, 3.05) is 19.4 Å². The van der Waals surface area contributed by atoms with Gasteiger partial charge in [0.15, 0.2) is 5.69 Å². The molecule has 3 N–H and O–H groups in total. The van der Waals surface area contributed by atoms with Gasteiger partial charge in [0.05, 0.1) is 12.8 Å². The summed E-state index contributed by atoms with van der Waals surface area (Å²) in [6.07, 6.45) is 0. The van der Waals surface area contributed by atoms with Crippen LogP contribution in [0.3, 0.4) is 0 Å². The third-order valence-corrected chi connectivity index (χ3v) is 3.84. The zero-order valence-corrected chi connectivity index (χ0v) is 13.8. The lowest BCUT2D eigenvalue weighted by Gasteiger charge is -2.12. The zero-order valence-electron chi connectivity index (χ0n) is 13.8. The highest BCUT2D eigenvalue weighted by Crippen LogP contribution is 2.36. The Morgan fingerprint density at radius 3 is 2.76 bits per heavy atom. The minimum absolute atomic E-state index is 0.0673. The smallest absolute Gasteiger partial charge is 0.273 e. The second kappa shape index (κ2) is 6.72. The maximum Gasteiger partial charge on any atom is 0.273 e. The highest BCUT2D eigenvalue weighted by Gasteiger charge is 2.18. The molecule has 0 atom stereocenters. The largest absolute Gasteiger partial charge is 0.496 e. The predicted octanol–water partition coefficient (Wildman–Crippen LogP) is 2.78. The first-order valence-corrected chi connectivity index (χ1v) is 7.73. The molecule has 3 aromatic rings. The van der Waals surface area contributed by atoms with Crippen LogP contribution < -0.4 is 15.8 Å². The molecule has 0 saturated heterocycles. The van der Waals surface area contributed by atoms with Gasteiger partial charge in [0.2, 0.25) is 0 Å². The molecule has 7 heteroatoms. The van der Waals surface area contributed by atoms with Gasteiger partial charge in [-0.1, -0.05) is 18.2 Å². The van der Waals surface area contributed by atoms with Crippen LogP contribution >= 0.6 is 0 Å². The van der Waals surface area contributed by atoms with Crippen molar-refractivity contribution < 1.29 is 13.9 Å². The molecule has 0 aliphatic rings. The zero-order chi connectivity index (χ0) is 18.0. The minimum Gasteiger partial charge on any atom is -0.496 e. The molecule has 0 unspecified atom stereocenters. The van der Waals surface area contributed by atoms with Crippen LogP contribution in [0, 0.1) is 5.82 Å². The Bertz CT molecular complexity index is 959. The van der Waals surface area contributed by atoms with E-state index in [-0.39, 0.29) is 17.3 Å². The molecule has 0 radical (unpaired) electrons. The molecule has 0 aliphatic carbocycles. The lowest BCUT2D eigenvalue weighted by molar-refractivity contribution is 0.0951. The van der Waals surface area contributed by atoms with Crippen molar-refractivity contribution in [2.45, 2.75) is 6.92 Å². The molecule has 0 spiro atoms. The summed E-state index contributed by atoms with van der Waals surface area (Å²) in [7, 11) is 1.51. The topological polar surface area (TPSA) is 90.1 Å². The molecule has 2 aromatic carbocycles. The molecule has 0 bridgehead atoms. The summed E-state index contributed by atoms with van der Waals surface area (Å²) >= 11 is 0. The number of carbonyl (C=O) groups excluding carboxylic acids is 1. The van der Waals surface area contributed by atoms with Crippen LogP contribution in [0.25, 0.3) is 22.0 Å². The van der Waals surface area contributed by atoms with Crippen molar-refractivity contribution in [1.82, 2.24) is 15.5 Å². The number of nitrogens with zero attached hydrogens (tertiary/aromatic N) is 2. The molecule has 25 heavy (non-hydrogen) atoms. The maximum absolute atomic E-state index is 13.7. The Labute approximate surface area is 143 Å². The van der Waals surface area contributed by atoms with Gasteiger partial charge in [-0.3, -0.25) is 4.79 Å². The molecule has 1 heterocycles. The number of rotatable bonds is 4. The van der Waals surface area contributed by atoms with E-state index in [1.807, 2.05) is 0 Å². The van der Waals surface area contributed by atoms with E-state index in [0.717, 1.165) is 0 Å². The van der Waals surface area contributed by atoms with Gasteiger partial charge in [-0.2, -0.15) is 0 Å². The Balaban J connectivity index is 2.24. The van der Waals surface area contributed by atoms with E-state index >= 15 is 0 Å². The minimum atomic E-state index is -0.396. The number of methoxy groups -OCH3 is 1. The molecule has 1 aromatic heterocycles. The summed E-state index contributed by atoms with van der Waals surface area (Å²) < 4.78 is 19.1. The van der Waals surface area contributed by atoms with E-state index in [1.165, 1.54) is 19.2 Å². The number of nitrogens with one attached hydrogen (secondary N) is 1. The second-order valence-corrected chi connectivity index (χ2v) is 5.37. The molecular weight excluding hydrogens is 323 g/mol. The highest BCUT2D eigenvalue weighted by atomic mass is 19.1. The predicted molar refractivity (Wildman–Crippen MR) is 93.9 cm³/mol. The fourth-order valence-electron chi connectivity index (χ4n) is 2.67. The van der Waals surface area contributed by atoms with Crippen molar-refractivity contribution in [2.24, 2.45) is 0 Å². The number of fused-ring (bicyclic) bond motifs is 1. The van der Waals surface area contributed by atoms with Gasteiger partial charge in [-0.15, -0.1) is 10.2 Å². The number of hydrogen-bond acceptors (Lipinski definition) is 5. The van der Waals surface area contributed by atoms with Crippen molar-refractivity contribution in [1.29, 1.82) is 0 Å². The van der Waals surface area contributed by atoms with E-state index in [1.54, 1.807) is 31.2 Å². The third kappa shape index (κ3) is 2.96. The van der Waals surface area contributed by atoms with Crippen LogP contribution in [0.5, 0.6) is 5.75 Å². The number of ether oxygens (including phenoxy) is 1. The van der Waals surface area contributed by atoms with Gasteiger partial charge in [-0.25, -0.2) is 4.39 Å². The number of hydrogen-bond donors (Lipinski definition) is 2. The molecular formula is C18H17FN4O2. The SMILES string of the molecule is CCNC(=O)c1nnc2c(-c3cc(F)ccc3OC)cccc2c1N. The van der Waals surface area contributed by atoms with E-state index in [4.69, 9.17) is 10.5 Å². The number of amides is 1. The molecule has 3 rings (SSSR count). The Kier molecular flexibility index (Phi) is 4.47. The van der Waals surface area contributed by atoms with Crippen LogP contribution in [0.15, 0.2) is 36.4 Å². The second-order valence-electron chi connectivity index (χ2n) is 5.37. The first-order chi connectivity index (χ1) is 12.1. The van der Waals surface area contributed by atoms with Crippen molar-refractivity contribution in [3.8, 4) is 16.9 Å². The normalized spacial score (nSPS) is 10.7. The maximum atomic E-state index is 13.7. The van der Waals surface area contributed by atoms with Gasteiger partial charge in [-0.05, 0) is 25.1 Å². The summed E-state index contributed by atoms with van der Waals surface area (Å²) in [5.41, 5.74) is 8.05. The molecule has 0 saturated carbocycles. The van der Waals surface area contributed by atoms with E-state index in [9.17, 15) is 9.18 Å². The summed E-state index contributed by atoms with van der Waals surface area (Å²) in [5, 5.41) is 11.3. The first-order valence-electron chi connectivity index (χ1n) is 7.73. The van der Waals surface area contributed by atoms with Gasteiger partial charge in [0.25, 0.3) is 5.91 Å². The van der Waals surface area contributed by atoms with E-state index < -0.39 is 5.82 Å². The first kappa shape index (κ1) is 16.6. The Morgan fingerprint density at radius 1 is 1.24 bits per heavy atom. The van der Waals surface area contributed by atoms with Crippen LogP contribution in [0.2, 0.25) is 0 Å². The third-order valence-electron chi connectivity index (χ3n) is 3.84. The fraction of sp³-hybridized carbons (Fsp3) is 0.167. The number of halogens is 1. The van der Waals surface area contributed by atoms with Crippen LogP contribution in [0.1, 0.15) is 17.4 Å². The van der Waals surface area contributed by atoms with Crippen LogP contribution in [-0.4, -0.2) is 29.8 Å². The molecule has 6 nitrogen and oxygen atoms in total. The van der Waals surface area contributed by atoms with Crippen LogP contribution in [0.4, 0.5) is 10.1 Å². The summed E-state index contributed by atoms with van der Waals surface area (Å²) in [6, 6.07) is 9.52. The number of aromatic nitrogens is 2. The number of nitrogen functional groups attached to an aromatic ring is 1. The van der Waals surface area contributed by atoms with Crippen molar-refractivity contribution in [3.05, 3.63) is 47.9 Å². The lowest BCUT2D eigenvalue weighted by atomic mass is 10.00. The number of benzene rings is 2. The summed E-state index contributed by atoms with van der Waals surface area (Å²) in [4.78, 5) is 12.0. The average molecular weight is 340 g/mol. The molecule has 1 amide bonds. The Morgan fingerprint density at radius 2 is 2.04 bits per heavy atom. The van der Waals surface area contributed by atoms with E-state index in [2.05, 4.69) is 15.5 Å². The molecule has 0 fully saturated rings. The molecule has 0 aliphatic heterocycles. The van der Waals surface area contributed by atoms with Gasteiger partial charge >= 0.3 is 0 Å². The van der Waals surface area contributed by atoms with Crippen LogP contribution in [-0.2, 0) is 0 Å². The quantitative estimate of drug-likeness (QED) is 0.762. The fourth-order valence-corrected chi connectivity index (χ4v) is 2.67. The highest BCUT2D eigenvalue weighted by molar-refractivity contribution is 6.07. The van der Waals surface area contributed by atoms with Gasteiger partial charge in [0.1, 0.15) is 17.1 Å².